The van der Waals surface area contributed by atoms with E-state index in [1.165, 1.54) is 12.8 Å². The van der Waals surface area contributed by atoms with Gasteiger partial charge in [0, 0.05) is 12.6 Å². The molecule has 0 atom stereocenters. The second-order valence-corrected chi connectivity index (χ2v) is 7.82. The average Bonchev–Trinajstić information content (AvgIpc) is 3.29. The molecule has 2 fully saturated rings. The number of benzene rings is 1. The normalized spacial score (nSPS) is 19.5. The average molecular weight is 294 g/mol. The Bertz CT molecular complexity index is 560. The maximum absolute atomic E-state index is 12.7. The van der Waals surface area contributed by atoms with Gasteiger partial charge in [-0.1, -0.05) is 12.1 Å². The molecule has 2 aliphatic carbocycles. The summed E-state index contributed by atoms with van der Waals surface area (Å²) in [5, 5.41) is 0. The molecule has 4 nitrogen and oxygen atoms in total. The topological polar surface area (TPSA) is 63.4 Å². The highest BCUT2D eigenvalue weighted by Gasteiger charge is 2.40. The van der Waals surface area contributed by atoms with E-state index in [0.717, 1.165) is 24.8 Å². The van der Waals surface area contributed by atoms with E-state index in [2.05, 4.69) is 0 Å². The summed E-state index contributed by atoms with van der Waals surface area (Å²) in [6, 6.07) is 7.44. The van der Waals surface area contributed by atoms with Crippen molar-refractivity contribution in [3.05, 3.63) is 29.8 Å². The van der Waals surface area contributed by atoms with Gasteiger partial charge >= 0.3 is 0 Å². The summed E-state index contributed by atoms with van der Waals surface area (Å²) in [5.41, 5.74) is 6.61. The molecule has 0 aromatic heterocycles. The molecule has 0 radical (unpaired) electrons. The third-order valence-electron chi connectivity index (χ3n) is 4.05. The minimum atomic E-state index is -3.32. The molecule has 3 rings (SSSR count). The standard InChI is InChI=1S/C15H22N2O2S/c16-10-9-12-3-7-15(8-4-12)20(18,19)17(14-5-6-14)11-13-1-2-13/h3-4,7-8,13-14H,1-2,5-6,9-11,16H2. The predicted octanol–water partition coefficient (Wildman–Crippen LogP) is 1.75. The van der Waals surface area contributed by atoms with Crippen molar-refractivity contribution < 1.29 is 8.42 Å². The highest BCUT2D eigenvalue weighted by Crippen LogP contribution is 2.37. The van der Waals surface area contributed by atoms with E-state index in [9.17, 15) is 8.42 Å². The number of nitrogens with zero attached hydrogens (tertiary/aromatic N) is 1. The molecular weight excluding hydrogens is 272 g/mol. The van der Waals surface area contributed by atoms with Gasteiger partial charge in [0.25, 0.3) is 0 Å². The third kappa shape index (κ3) is 3.05. The van der Waals surface area contributed by atoms with E-state index in [4.69, 9.17) is 5.73 Å². The van der Waals surface area contributed by atoms with Crippen molar-refractivity contribution in [1.82, 2.24) is 4.31 Å². The van der Waals surface area contributed by atoms with Crippen LogP contribution < -0.4 is 5.73 Å². The van der Waals surface area contributed by atoms with Crippen LogP contribution in [0.15, 0.2) is 29.2 Å². The van der Waals surface area contributed by atoms with Gasteiger partial charge in [0.15, 0.2) is 0 Å². The van der Waals surface area contributed by atoms with Gasteiger partial charge in [0.2, 0.25) is 10.0 Å². The summed E-state index contributed by atoms with van der Waals surface area (Å²) in [5.74, 6) is 0.585. The zero-order chi connectivity index (χ0) is 14.2. The van der Waals surface area contributed by atoms with E-state index in [1.54, 1.807) is 16.4 Å². The van der Waals surface area contributed by atoms with E-state index >= 15 is 0 Å². The molecule has 1 aromatic rings. The van der Waals surface area contributed by atoms with Crippen LogP contribution in [-0.4, -0.2) is 31.9 Å². The van der Waals surface area contributed by atoms with Gasteiger partial charge in [0.05, 0.1) is 4.90 Å². The van der Waals surface area contributed by atoms with Crippen molar-refractivity contribution >= 4 is 10.0 Å². The number of hydrogen-bond donors (Lipinski definition) is 1. The summed E-state index contributed by atoms with van der Waals surface area (Å²) in [6.45, 7) is 1.29. The zero-order valence-corrected chi connectivity index (χ0v) is 12.5. The number of sulfonamides is 1. The summed E-state index contributed by atoms with van der Waals surface area (Å²) in [7, 11) is -3.32. The molecule has 0 heterocycles. The summed E-state index contributed by atoms with van der Waals surface area (Å²) in [6.07, 6.45) is 5.16. The van der Waals surface area contributed by atoms with Crippen LogP contribution in [0.4, 0.5) is 0 Å². The smallest absolute Gasteiger partial charge is 0.243 e. The lowest BCUT2D eigenvalue weighted by molar-refractivity contribution is 0.389. The van der Waals surface area contributed by atoms with Crippen molar-refractivity contribution in [2.24, 2.45) is 11.7 Å². The van der Waals surface area contributed by atoms with Crippen LogP contribution >= 0.6 is 0 Å². The molecule has 2 saturated carbocycles. The van der Waals surface area contributed by atoms with Gasteiger partial charge in [-0.3, -0.25) is 0 Å². The fraction of sp³-hybridized carbons (Fsp3) is 0.600. The first-order chi connectivity index (χ1) is 9.61. The van der Waals surface area contributed by atoms with Crippen LogP contribution in [0.3, 0.4) is 0 Å². The highest BCUT2D eigenvalue weighted by atomic mass is 32.2. The Morgan fingerprint density at radius 3 is 2.25 bits per heavy atom. The van der Waals surface area contributed by atoms with E-state index in [1.807, 2.05) is 12.1 Å². The van der Waals surface area contributed by atoms with Gasteiger partial charge in [-0.2, -0.15) is 4.31 Å². The fourth-order valence-corrected chi connectivity index (χ4v) is 4.25. The lowest BCUT2D eigenvalue weighted by Gasteiger charge is -2.22. The maximum atomic E-state index is 12.7. The molecule has 2 N–H and O–H groups in total. The molecule has 0 amide bonds. The molecular formula is C15H22N2O2S. The Morgan fingerprint density at radius 2 is 1.75 bits per heavy atom. The first-order valence-electron chi connectivity index (χ1n) is 7.42. The number of rotatable bonds is 7. The van der Waals surface area contributed by atoms with E-state index in [-0.39, 0.29) is 6.04 Å². The van der Waals surface area contributed by atoms with Crippen molar-refractivity contribution in [2.75, 3.05) is 13.1 Å². The second kappa shape index (κ2) is 5.47. The van der Waals surface area contributed by atoms with Crippen molar-refractivity contribution in [1.29, 1.82) is 0 Å². The lowest BCUT2D eigenvalue weighted by atomic mass is 10.2. The monoisotopic (exact) mass is 294 g/mol. The van der Waals surface area contributed by atoms with Gasteiger partial charge in [0.1, 0.15) is 0 Å². The van der Waals surface area contributed by atoms with Crippen LogP contribution in [-0.2, 0) is 16.4 Å². The van der Waals surface area contributed by atoms with Crippen LogP contribution in [0.1, 0.15) is 31.2 Å². The summed E-state index contributed by atoms with van der Waals surface area (Å²) >= 11 is 0. The largest absolute Gasteiger partial charge is 0.330 e. The third-order valence-corrected chi connectivity index (χ3v) is 5.98. The first-order valence-corrected chi connectivity index (χ1v) is 8.86. The van der Waals surface area contributed by atoms with Gasteiger partial charge in [-0.25, -0.2) is 8.42 Å². The molecule has 0 bridgehead atoms. The van der Waals surface area contributed by atoms with Gasteiger partial charge in [-0.05, 0) is 62.3 Å². The highest BCUT2D eigenvalue weighted by molar-refractivity contribution is 7.89. The predicted molar refractivity (Wildman–Crippen MR) is 78.8 cm³/mol. The number of nitrogens with two attached hydrogens (primary N) is 1. The molecule has 0 aliphatic heterocycles. The van der Waals surface area contributed by atoms with Gasteiger partial charge in [-0.15, -0.1) is 0 Å². The Balaban J connectivity index is 1.81. The van der Waals surface area contributed by atoms with Crippen LogP contribution in [0.25, 0.3) is 0 Å². The number of hydrogen-bond acceptors (Lipinski definition) is 3. The lowest BCUT2D eigenvalue weighted by Crippen LogP contribution is -2.34. The Morgan fingerprint density at radius 1 is 1.10 bits per heavy atom. The summed E-state index contributed by atoms with van der Waals surface area (Å²) in [4.78, 5) is 0.422. The van der Waals surface area contributed by atoms with Crippen molar-refractivity contribution in [3.8, 4) is 0 Å². The molecule has 110 valence electrons. The molecule has 1 aromatic carbocycles. The SMILES string of the molecule is NCCc1ccc(S(=O)(=O)N(CC2CC2)C2CC2)cc1. The van der Waals surface area contributed by atoms with Crippen LogP contribution in [0.2, 0.25) is 0 Å². The molecule has 20 heavy (non-hydrogen) atoms. The van der Waals surface area contributed by atoms with Crippen LogP contribution in [0, 0.1) is 5.92 Å². The molecule has 0 unspecified atom stereocenters. The minimum absolute atomic E-state index is 0.240. The second-order valence-electron chi connectivity index (χ2n) is 5.93. The quantitative estimate of drug-likeness (QED) is 0.833. The van der Waals surface area contributed by atoms with Crippen molar-refractivity contribution in [3.63, 3.8) is 0 Å². The van der Waals surface area contributed by atoms with Crippen molar-refractivity contribution in [2.45, 2.75) is 43.0 Å². The minimum Gasteiger partial charge on any atom is -0.330 e. The molecule has 0 saturated heterocycles. The van der Waals surface area contributed by atoms with Crippen LogP contribution in [0.5, 0.6) is 0 Å². The molecule has 2 aliphatic rings. The Kier molecular flexibility index (Phi) is 3.84. The Hall–Kier alpha value is -0.910. The van der Waals surface area contributed by atoms with E-state index in [0.29, 0.717) is 23.9 Å². The van der Waals surface area contributed by atoms with E-state index < -0.39 is 10.0 Å². The van der Waals surface area contributed by atoms with Gasteiger partial charge < -0.3 is 5.73 Å². The molecule has 0 spiro atoms. The summed E-state index contributed by atoms with van der Waals surface area (Å²) < 4.78 is 27.2. The zero-order valence-electron chi connectivity index (χ0n) is 11.7. The Labute approximate surface area is 121 Å². The maximum Gasteiger partial charge on any atom is 0.243 e. The first kappa shape index (κ1) is 14.0. The fourth-order valence-electron chi connectivity index (χ4n) is 2.49. The molecule has 5 heteroatoms.